The van der Waals surface area contributed by atoms with Crippen LogP contribution in [0, 0.1) is 5.92 Å². The van der Waals surface area contributed by atoms with Crippen molar-refractivity contribution in [1.29, 1.82) is 0 Å². The van der Waals surface area contributed by atoms with Crippen molar-refractivity contribution in [2.45, 2.75) is 6.42 Å². The molecule has 0 aromatic heterocycles. The first-order chi connectivity index (χ1) is 4.93. The minimum atomic E-state index is 0.695. The highest BCUT2D eigenvalue weighted by Crippen LogP contribution is 2.07. The third-order valence-electron chi connectivity index (χ3n) is 1.77. The zero-order valence-electron chi connectivity index (χ0n) is 6.31. The van der Waals surface area contributed by atoms with E-state index < -0.39 is 0 Å². The third-order valence-corrected chi connectivity index (χ3v) is 1.77. The van der Waals surface area contributed by atoms with Crippen LogP contribution in [0.5, 0.6) is 0 Å². The van der Waals surface area contributed by atoms with Gasteiger partial charge in [-0.1, -0.05) is 6.08 Å². The molecule has 0 saturated carbocycles. The summed E-state index contributed by atoms with van der Waals surface area (Å²) in [6.07, 6.45) is 2.99. The lowest BCUT2D eigenvalue weighted by Gasteiger charge is -2.26. The topological polar surface area (TPSA) is 21.3 Å². The Balaban J connectivity index is 1.80. The van der Waals surface area contributed by atoms with Crippen molar-refractivity contribution in [3.05, 3.63) is 12.7 Å². The fraction of sp³-hybridized carbons (Fsp3) is 0.750. The Morgan fingerprint density at radius 3 is 2.90 bits per heavy atom. The van der Waals surface area contributed by atoms with E-state index in [4.69, 9.17) is 4.74 Å². The summed E-state index contributed by atoms with van der Waals surface area (Å²) in [7, 11) is 0. The maximum Gasteiger partial charge on any atom is 0.0644 e. The van der Waals surface area contributed by atoms with E-state index in [0.29, 0.717) is 6.61 Å². The molecule has 58 valence electrons. The molecule has 0 unspecified atom stereocenters. The van der Waals surface area contributed by atoms with E-state index in [1.165, 1.54) is 19.5 Å². The van der Waals surface area contributed by atoms with Crippen molar-refractivity contribution < 1.29 is 4.74 Å². The fourth-order valence-electron chi connectivity index (χ4n) is 0.969. The smallest absolute Gasteiger partial charge is 0.0644 e. The minimum absolute atomic E-state index is 0.695. The lowest BCUT2D eigenvalue weighted by Crippen LogP contribution is -2.42. The number of rotatable bonds is 5. The van der Waals surface area contributed by atoms with Crippen LogP contribution in [0.1, 0.15) is 6.42 Å². The van der Waals surface area contributed by atoms with Crippen molar-refractivity contribution in [1.82, 2.24) is 5.32 Å². The molecule has 1 fully saturated rings. The van der Waals surface area contributed by atoms with E-state index in [9.17, 15) is 0 Å². The Morgan fingerprint density at radius 2 is 2.40 bits per heavy atom. The van der Waals surface area contributed by atoms with Crippen LogP contribution in [0.4, 0.5) is 0 Å². The van der Waals surface area contributed by atoms with Gasteiger partial charge in [0.15, 0.2) is 0 Å². The molecule has 1 rings (SSSR count). The molecule has 1 N–H and O–H groups in total. The average Bonchev–Trinajstić information content (AvgIpc) is 1.84. The average molecular weight is 141 g/mol. The largest absolute Gasteiger partial charge is 0.377 e. The quantitative estimate of drug-likeness (QED) is 0.451. The van der Waals surface area contributed by atoms with E-state index in [0.717, 1.165) is 12.5 Å². The molecule has 10 heavy (non-hydrogen) atoms. The van der Waals surface area contributed by atoms with Gasteiger partial charge in [-0.2, -0.15) is 0 Å². The van der Waals surface area contributed by atoms with Gasteiger partial charge in [-0.05, 0) is 25.4 Å². The second kappa shape index (κ2) is 4.47. The molecule has 1 saturated heterocycles. The molecule has 0 bridgehead atoms. The van der Waals surface area contributed by atoms with Crippen LogP contribution in [-0.4, -0.2) is 26.3 Å². The highest BCUT2D eigenvalue weighted by molar-refractivity contribution is 4.74. The first kappa shape index (κ1) is 7.76. The van der Waals surface area contributed by atoms with Crippen LogP contribution in [0.3, 0.4) is 0 Å². The Bertz CT molecular complexity index is 99.4. The van der Waals surface area contributed by atoms with Gasteiger partial charge in [-0.15, -0.1) is 6.58 Å². The highest BCUT2D eigenvalue weighted by Gasteiger charge is 2.15. The molecule has 1 heterocycles. The van der Waals surface area contributed by atoms with Crippen molar-refractivity contribution in [3.63, 3.8) is 0 Å². The van der Waals surface area contributed by atoms with E-state index in [-0.39, 0.29) is 0 Å². The fourth-order valence-corrected chi connectivity index (χ4v) is 0.969. The zero-order valence-corrected chi connectivity index (χ0v) is 6.31. The number of hydrogen-bond donors (Lipinski definition) is 1. The Morgan fingerprint density at radius 1 is 1.60 bits per heavy atom. The number of ether oxygens (including phenoxy) is 1. The summed E-state index contributed by atoms with van der Waals surface area (Å²) in [5.41, 5.74) is 0. The molecule has 0 aromatic rings. The SMILES string of the molecule is C=CCOCCC1CNC1. The predicted octanol–water partition coefficient (Wildman–Crippen LogP) is 0.798. The molecule has 0 radical (unpaired) electrons. The number of hydrogen-bond acceptors (Lipinski definition) is 2. The Kier molecular flexibility index (Phi) is 3.47. The lowest BCUT2D eigenvalue weighted by molar-refractivity contribution is 0.134. The molecule has 1 aliphatic heterocycles. The first-order valence-corrected chi connectivity index (χ1v) is 3.83. The van der Waals surface area contributed by atoms with E-state index >= 15 is 0 Å². The summed E-state index contributed by atoms with van der Waals surface area (Å²) in [4.78, 5) is 0. The van der Waals surface area contributed by atoms with Crippen LogP contribution in [0.15, 0.2) is 12.7 Å². The summed E-state index contributed by atoms with van der Waals surface area (Å²) in [6.45, 7) is 7.51. The van der Waals surface area contributed by atoms with Crippen molar-refractivity contribution >= 4 is 0 Å². The molecule has 0 amide bonds. The van der Waals surface area contributed by atoms with Crippen LogP contribution >= 0.6 is 0 Å². The summed E-state index contributed by atoms with van der Waals surface area (Å²) in [6, 6.07) is 0. The maximum absolute atomic E-state index is 5.24. The van der Waals surface area contributed by atoms with Gasteiger partial charge in [0.05, 0.1) is 6.61 Å². The second-order valence-corrected chi connectivity index (χ2v) is 2.68. The second-order valence-electron chi connectivity index (χ2n) is 2.68. The molecule has 2 heteroatoms. The third kappa shape index (κ3) is 2.50. The molecule has 0 atom stereocenters. The van der Waals surface area contributed by atoms with Gasteiger partial charge in [-0.25, -0.2) is 0 Å². The molecule has 2 nitrogen and oxygen atoms in total. The van der Waals surface area contributed by atoms with Crippen LogP contribution in [0.2, 0.25) is 0 Å². The van der Waals surface area contributed by atoms with Gasteiger partial charge in [0.1, 0.15) is 0 Å². The predicted molar refractivity (Wildman–Crippen MR) is 42.0 cm³/mol. The molecule has 0 spiro atoms. The molecular weight excluding hydrogens is 126 g/mol. The summed E-state index contributed by atoms with van der Waals surface area (Å²) >= 11 is 0. The molecule has 0 aliphatic carbocycles. The van der Waals surface area contributed by atoms with Crippen molar-refractivity contribution in [2.24, 2.45) is 5.92 Å². The normalized spacial score (nSPS) is 18.4. The summed E-state index contributed by atoms with van der Waals surface area (Å²) in [5.74, 6) is 0.866. The molecular formula is C8H15NO. The van der Waals surface area contributed by atoms with Crippen LogP contribution < -0.4 is 5.32 Å². The minimum Gasteiger partial charge on any atom is -0.377 e. The van der Waals surface area contributed by atoms with Gasteiger partial charge in [0, 0.05) is 6.61 Å². The van der Waals surface area contributed by atoms with Crippen molar-refractivity contribution in [2.75, 3.05) is 26.3 Å². The molecule has 1 aliphatic rings. The van der Waals surface area contributed by atoms with Gasteiger partial charge in [-0.3, -0.25) is 0 Å². The maximum atomic E-state index is 5.24. The van der Waals surface area contributed by atoms with Crippen molar-refractivity contribution in [3.8, 4) is 0 Å². The zero-order chi connectivity index (χ0) is 7.23. The summed E-state index contributed by atoms with van der Waals surface area (Å²) < 4.78 is 5.24. The van der Waals surface area contributed by atoms with Gasteiger partial charge in [0.25, 0.3) is 0 Å². The monoisotopic (exact) mass is 141 g/mol. The van der Waals surface area contributed by atoms with Gasteiger partial charge >= 0.3 is 0 Å². The Hall–Kier alpha value is -0.340. The highest BCUT2D eigenvalue weighted by atomic mass is 16.5. The summed E-state index contributed by atoms with van der Waals surface area (Å²) in [5, 5.41) is 3.23. The first-order valence-electron chi connectivity index (χ1n) is 3.83. The molecule has 0 aromatic carbocycles. The lowest BCUT2D eigenvalue weighted by atomic mass is 10.0. The standard InChI is InChI=1S/C8H15NO/c1-2-4-10-5-3-8-6-9-7-8/h2,8-9H,1,3-7H2. The van der Waals surface area contributed by atoms with E-state index in [1.54, 1.807) is 6.08 Å². The van der Waals surface area contributed by atoms with Gasteiger partial charge in [0.2, 0.25) is 0 Å². The van der Waals surface area contributed by atoms with E-state index in [1.807, 2.05) is 0 Å². The number of nitrogens with one attached hydrogen (secondary N) is 1. The van der Waals surface area contributed by atoms with E-state index in [2.05, 4.69) is 11.9 Å². The van der Waals surface area contributed by atoms with Gasteiger partial charge < -0.3 is 10.1 Å². The van der Waals surface area contributed by atoms with Crippen LogP contribution in [-0.2, 0) is 4.74 Å². The Labute approximate surface area is 62.3 Å². The van der Waals surface area contributed by atoms with Crippen LogP contribution in [0.25, 0.3) is 0 Å².